The standard InChI is InChI=1S/C17H27N3/c1-2-19-17(16-12-18-9-10-20-16)15-8-7-13-5-3-4-6-14(13)11-15/h9-10,12-15,17,19H,2-8,11H2,1H3. The monoisotopic (exact) mass is 273 g/mol. The summed E-state index contributed by atoms with van der Waals surface area (Å²) in [5.41, 5.74) is 1.13. The topological polar surface area (TPSA) is 37.8 Å². The lowest BCUT2D eigenvalue weighted by Crippen LogP contribution is -2.36. The molecular formula is C17H27N3. The molecule has 1 aromatic heterocycles. The van der Waals surface area contributed by atoms with Gasteiger partial charge >= 0.3 is 0 Å². The molecule has 0 spiro atoms. The number of nitrogens with one attached hydrogen (secondary N) is 1. The molecule has 2 aliphatic carbocycles. The fourth-order valence-corrected chi connectivity index (χ4v) is 4.42. The maximum Gasteiger partial charge on any atom is 0.0758 e. The Hall–Kier alpha value is -0.960. The number of nitrogens with zero attached hydrogens (tertiary/aromatic N) is 2. The van der Waals surface area contributed by atoms with Gasteiger partial charge in [-0.25, -0.2) is 0 Å². The van der Waals surface area contributed by atoms with Gasteiger partial charge in [-0.05, 0) is 43.6 Å². The first-order valence-electron chi connectivity index (χ1n) is 8.37. The first-order valence-corrected chi connectivity index (χ1v) is 8.37. The summed E-state index contributed by atoms with van der Waals surface area (Å²) < 4.78 is 0. The molecule has 3 nitrogen and oxygen atoms in total. The molecule has 0 aliphatic heterocycles. The molecular weight excluding hydrogens is 246 g/mol. The summed E-state index contributed by atoms with van der Waals surface area (Å²) in [5, 5.41) is 3.66. The van der Waals surface area contributed by atoms with Crippen molar-refractivity contribution < 1.29 is 0 Å². The molecule has 2 fully saturated rings. The number of fused-ring (bicyclic) bond motifs is 1. The van der Waals surface area contributed by atoms with Crippen molar-refractivity contribution in [3.63, 3.8) is 0 Å². The van der Waals surface area contributed by atoms with Crippen LogP contribution in [0.3, 0.4) is 0 Å². The highest BCUT2D eigenvalue weighted by atomic mass is 15.0. The minimum atomic E-state index is 0.400. The van der Waals surface area contributed by atoms with Crippen LogP contribution in [0.2, 0.25) is 0 Å². The van der Waals surface area contributed by atoms with Crippen molar-refractivity contribution >= 4 is 0 Å². The van der Waals surface area contributed by atoms with Crippen LogP contribution in [-0.4, -0.2) is 16.5 Å². The number of aromatic nitrogens is 2. The Morgan fingerprint density at radius 1 is 1.15 bits per heavy atom. The fraction of sp³-hybridized carbons (Fsp3) is 0.765. The average molecular weight is 273 g/mol. The highest BCUT2D eigenvalue weighted by molar-refractivity contribution is 5.05. The van der Waals surface area contributed by atoms with Crippen LogP contribution in [0, 0.1) is 17.8 Å². The van der Waals surface area contributed by atoms with Crippen molar-refractivity contribution in [2.75, 3.05) is 6.54 Å². The van der Waals surface area contributed by atoms with Crippen LogP contribution in [0.15, 0.2) is 18.6 Å². The first kappa shape index (κ1) is 14.0. The van der Waals surface area contributed by atoms with Crippen molar-refractivity contribution in [2.45, 2.75) is 57.9 Å². The van der Waals surface area contributed by atoms with Crippen LogP contribution in [0.4, 0.5) is 0 Å². The molecule has 3 heteroatoms. The van der Waals surface area contributed by atoms with Crippen LogP contribution in [0.5, 0.6) is 0 Å². The minimum absolute atomic E-state index is 0.400. The minimum Gasteiger partial charge on any atom is -0.309 e. The van der Waals surface area contributed by atoms with E-state index in [9.17, 15) is 0 Å². The van der Waals surface area contributed by atoms with Crippen molar-refractivity contribution in [1.82, 2.24) is 15.3 Å². The lowest BCUT2D eigenvalue weighted by molar-refractivity contribution is 0.109. The van der Waals surface area contributed by atoms with Crippen LogP contribution in [0.25, 0.3) is 0 Å². The Kier molecular flexibility index (Phi) is 4.66. The van der Waals surface area contributed by atoms with Gasteiger partial charge in [0.05, 0.1) is 11.7 Å². The van der Waals surface area contributed by atoms with Gasteiger partial charge in [0.2, 0.25) is 0 Å². The summed E-state index contributed by atoms with van der Waals surface area (Å²) in [6.45, 7) is 3.20. The molecule has 2 saturated carbocycles. The Morgan fingerprint density at radius 2 is 2.00 bits per heavy atom. The Bertz CT molecular complexity index is 406. The maximum atomic E-state index is 4.55. The lowest BCUT2D eigenvalue weighted by atomic mass is 9.66. The highest BCUT2D eigenvalue weighted by Gasteiger charge is 2.36. The average Bonchev–Trinajstić information content (AvgIpc) is 2.53. The molecule has 0 aromatic carbocycles. The van der Waals surface area contributed by atoms with E-state index in [2.05, 4.69) is 22.2 Å². The molecule has 110 valence electrons. The number of hydrogen-bond acceptors (Lipinski definition) is 3. The Labute approximate surface area is 122 Å². The zero-order valence-corrected chi connectivity index (χ0v) is 12.6. The summed E-state index contributed by atoms with van der Waals surface area (Å²) in [6, 6.07) is 0.400. The number of rotatable bonds is 4. The molecule has 2 aliphatic rings. The van der Waals surface area contributed by atoms with E-state index in [4.69, 9.17) is 0 Å². The van der Waals surface area contributed by atoms with E-state index in [-0.39, 0.29) is 0 Å². The van der Waals surface area contributed by atoms with Gasteiger partial charge in [-0.1, -0.05) is 32.6 Å². The van der Waals surface area contributed by atoms with Gasteiger partial charge in [0.25, 0.3) is 0 Å². The quantitative estimate of drug-likeness (QED) is 0.908. The molecule has 0 bridgehead atoms. The molecule has 0 saturated heterocycles. The molecule has 0 amide bonds. The van der Waals surface area contributed by atoms with Gasteiger partial charge in [0, 0.05) is 18.6 Å². The number of hydrogen-bond donors (Lipinski definition) is 1. The van der Waals surface area contributed by atoms with Crippen molar-refractivity contribution in [3.8, 4) is 0 Å². The first-order chi connectivity index (χ1) is 9.88. The summed E-state index contributed by atoms with van der Waals surface area (Å²) in [7, 11) is 0. The molecule has 3 rings (SSSR count). The molecule has 0 radical (unpaired) electrons. The van der Waals surface area contributed by atoms with Crippen LogP contribution >= 0.6 is 0 Å². The second kappa shape index (κ2) is 6.66. The van der Waals surface area contributed by atoms with Gasteiger partial charge in [-0.3, -0.25) is 9.97 Å². The molecule has 1 heterocycles. The van der Waals surface area contributed by atoms with E-state index in [1.54, 1.807) is 6.20 Å². The van der Waals surface area contributed by atoms with Crippen molar-refractivity contribution in [1.29, 1.82) is 0 Å². The van der Waals surface area contributed by atoms with Crippen LogP contribution in [0.1, 0.15) is 63.6 Å². The molecule has 4 unspecified atom stereocenters. The summed E-state index contributed by atoms with van der Waals surface area (Å²) >= 11 is 0. The smallest absolute Gasteiger partial charge is 0.0758 e. The third kappa shape index (κ3) is 3.03. The zero-order chi connectivity index (χ0) is 13.8. The predicted molar refractivity (Wildman–Crippen MR) is 81.2 cm³/mol. The van der Waals surface area contributed by atoms with Crippen molar-refractivity contribution in [3.05, 3.63) is 24.3 Å². The Morgan fingerprint density at radius 3 is 2.75 bits per heavy atom. The lowest BCUT2D eigenvalue weighted by Gasteiger charge is -2.42. The fourth-order valence-electron chi connectivity index (χ4n) is 4.42. The highest BCUT2D eigenvalue weighted by Crippen LogP contribution is 2.45. The van der Waals surface area contributed by atoms with E-state index in [1.165, 1.54) is 44.9 Å². The van der Waals surface area contributed by atoms with E-state index in [0.29, 0.717) is 6.04 Å². The maximum absolute atomic E-state index is 4.55. The zero-order valence-electron chi connectivity index (χ0n) is 12.6. The Balaban J connectivity index is 1.72. The second-order valence-corrected chi connectivity index (χ2v) is 6.54. The summed E-state index contributed by atoms with van der Waals surface area (Å²) in [6.07, 6.45) is 15.6. The molecule has 4 atom stereocenters. The normalized spacial score (nSPS) is 31.6. The predicted octanol–water partition coefficient (Wildman–Crippen LogP) is 3.73. The summed E-state index contributed by atoms with van der Waals surface area (Å²) in [4.78, 5) is 8.81. The van der Waals surface area contributed by atoms with Crippen LogP contribution < -0.4 is 5.32 Å². The van der Waals surface area contributed by atoms with Gasteiger partial charge in [-0.2, -0.15) is 0 Å². The molecule has 1 aromatic rings. The summed E-state index contributed by atoms with van der Waals surface area (Å²) in [5.74, 6) is 2.73. The molecule has 1 N–H and O–H groups in total. The molecule has 20 heavy (non-hydrogen) atoms. The van der Waals surface area contributed by atoms with E-state index in [1.807, 2.05) is 12.4 Å². The SMILES string of the molecule is CCNC(c1cnccn1)C1CCC2CCCCC2C1. The van der Waals surface area contributed by atoms with E-state index in [0.717, 1.165) is 30.0 Å². The van der Waals surface area contributed by atoms with E-state index < -0.39 is 0 Å². The van der Waals surface area contributed by atoms with Gasteiger partial charge < -0.3 is 5.32 Å². The third-order valence-corrected chi connectivity index (χ3v) is 5.38. The largest absolute Gasteiger partial charge is 0.309 e. The second-order valence-electron chi connectivity index (χ2n) is 6.54. The van der Waals surface area contributed by atoms with Crippen LogP contribution in [-0.2, 0) is 0 Å². The van der Waals surface area contributed by atoms with Gasteiger partial charge in [0.15, 0.2) is 0 Å². The third-order valence-electron chi connectivity index (χ3n) is 5.38. The van der Waals surface area contributed by atoms with Gasteiger partial charge in [0.1, 0.15) is 0 Å². The van der Waals surface area contributed by atoms with Crippen molar-refractivity contribution in [2.24, 2.45) is 17.8 Å². The van der Waals surface area contributed by atoms with Gasteiger partial charge in [-0.15, -0.1) is 0 Å². The van der Waals surface area contributed by atoms with E-state index >= 15 is 0 Å².